The molecule has 3 heterocycles. The van der Waals surface area contributed by atoms with Gasteiger partial charge in [0.25, 0.3) is 0 Å². The Kier molecular flexibility index (Phi) is 6.84. The van der Waals surface area contributed by atoms with Crippen LogP contribution in [0.1, 0.15) is 17.0 Å². The number of halogens is 1. The highest BCUT2D eigenvalue weighted by molar-refractivity contribution is 7.09. The van der Waals surface area contributed by atoms with E-state index in [0.717, 1.165) is 27.2 Å². The molecule has 2 aromatic carbocycles. The SMILES string of the molecule is OCCC1COC(Cc2ccc3ncnc(Nc4ccc(OCc5nccs5)c(Cl)c4)c3c2)=N1. The smallest absolute Gasteiger partial charge is 0.188 e. The molecular weight excluding hydrogens is 474 g/mol. The molecule has 0 saturated carbocycles. The summed E-state index contributed by atoms with van der Waals surface area (Å²) in [5.41, 5.74) is 2.65. The number of anilines is 2. The normalized spacial score (nSPS) is 15.2. The lowest BCUT2D eigenvalue weighted by molar-refractivity contribution is 0.249. The number of aliphatic imine (C=N–C) groups is 1. The number of nitrogens with one attached hydrogen (secondary N) is 1. The predicted molar refractivity (Wildman–Crippen MR) is 133 cm³/mol. The summed E-state index contributed by atoms with van der Waals surface area (Å²) in [5, 5.41) is 16.6. The third-order valence-corrected chi connectivity index (χ3v) is 6.36. The van der Waals surface area contributed by atoms with Crippen molar-refractivity contribution >= 4 is 51.2 Å². The van der Waals surface area contributed by atoms with Crippen molar-refractivity contribution in [3.8, 4) is 5.75 Å². The molecule has 1 unspecified atom stereocenters. The van der Waals surface area contributed by atoms with Gasteiger partial charge >= 0.3 is 0 Å². The number of aliphatic hydroxyl groups excluding tert-OH is 1. The van der Waals surface area contributed by atoms with E-state index in [1.807, 2.05) is 35.7 Å². The second kappa shape index (κ2) is 10.3. The number of benzene rings is 2. The molecule has 174 valence electrons. The Labute approximate surface area is 205 Å². The van der Waals surface area contributed by atoms with Crippen LogP contribution in [0, 0.1) is 0 Å². The molecule has 2 N–H and O–H groups in total. The third kappa shape index (κ3) is 5.27. The standard InChI is InChI=1S/C24H22ClN5O3S/c25-19-11-16(2-4-21(19)32-13-23-26-6-8-34-23)30-24-18-9-15(1-3-20(18)27-14-28-24)10-22-29-17(5-7-31)12-33-22/h1-4,6,8-9,11,14,17,31H,5,7,10,12-13H2,(H,27,28,30). The molecule has 0 spiro atoms. The van der Waals surface area contributed by atoms with Crippen LogP contribution in [-0.4, -0.2) is 45.2 Å². The Morgan fingerprint density at radius 3 is 2.94 bits per heavy atom. The van der Waals surface area contributed by atoms with Crippen molar-refractivity contribution in [2.45, 2.75) is 25.5 Å². The number of ether oxygens (including phenoxy) is 2. The number of aromatic nitrogens is 3. The lowest BCUT2D eigenvalue weighted by Gasteiger charge is -2.12. The number of nitrogens with zero attached hydrogens (tertiary/aromatic N) is 4. The van der Waals surface area contributed by atoms with Crippen LogP contribution in [0.4, 0.5) is 11.5 Å². The van der Waals surface area contributed by atoms with Crippen LogP contribution in [0.3, 0.4) is 0 Å². The summed E-state index contributed by atoms with van der Waals surface area (Å²) < 4.78 is 11.5. The van der Waals surface area contributed by atoms with Gasteiger partial charge in [0.1, 0.15) is 36.1 Å². The molecule has 0 fully saturated rings. The summed E-state index contributed by atoms with van der Waals surface area (Å²) in [5.74, 6) is 1.95. The molecule has 0 saturated heterocycles. The van der Waals surface area contributed by atoms with Gasteiger partial charge in [-0.1, -0.05) is 17.7 Å². The summed E-state index contributed by atoms with van der Waals surface area (Å²) in [6, 6.07) is 11.6. The zero-order valence-electron chi connectivity index (χ0n) is 18.1. The van der Waals surface area contributed by atoms with Crippen LogP contribution >= 0.6 is 22.9 Å². The minimum Gasteiger partial charge on any atom is -0.485 e. The Morgan fingerprint density at radius 2 is 2.12 bits per heavy atom. The average Bonchev–Trinajstić information content (AvgIpc) is 3.51. The van der Waals surface area contributed by atoms with Crippen LogP contribution in [0.25, 0.3) is 10.9 Å². The van der Waals surface area contributed by atoms with Crippen LogP contribution in [0.2, 0.25) is 5.02 Å². The van der Waals surface area contributed by atoms with Gasteiger partial charge in [-0.25, -0.2) is 19.9 Å². The first-order chi connectivity index (χ1) is 16.7. The first-order valence-electron chi connectivity index (χ1n) is 10.8. The van der Waals surface area contributed by atoms with E-state index in [4.69, 9.17) is 26.2 Å². The highest BCUT2D eigenvalue weighted by atomic mass is 35.5. The molecule has 34 heavy (non-hydrogen) atoms. The van der Waals surface area contributed by atoms with E-state index in [-0.39, 0.29) is 12.6 Å². The van der Waals surface area contributed by atoms with Crippen molar-refractivity contribution < 1.29 is 14.6 Å². The zero-order chi connectivity index (χ0) is 23.3. The number of rotatable bonds is 9. The van der Waals surface area contributed by atoms with E-state index in [2.05, 4.69) is 25.3 Å². The Hall–Kier alpha value is -3.27. The van der Waals surface area contributed by atoms with E-state index in [1.54, 1.807) is 12.3 Å². The molecule has 1 atom stereocenters. The lowest BCUT2D eigenvalue weighted by Crippen LogP contribution is -2.08. The maximum absolute atomic E-state index is 9.11. The van der Waals surface area contributed by atoms with Gasteiger partial charge in [0.15, 0.2) is 5.90 Å². The number of hydrogen-bond acceptors (Lipinski definition) is 9. The van der Waals surface area contributed by atoms with Gasteiger partial charge in [-0.05, 0) is 42.3 Å². The van der Waals surface area contributed by atoms with Gasteiger partial charge in [-0.3, -0.25) is 0 Å². The van der Waals surface area contributed by atoms with Crippen LogP contribution in [0.5, 0.6) is 5.75 Å². The fourth-order valence-corrected chi connectivity index (χ4v) is 4.41. The second-order valence-electron chi connectivity index (χ2n) is 7.74. The molecule has 0 amide bonds. The van der Waals surface area contributed by atoms with Crippen molar-refractivity contribution in [1.29, 1.82) is 0 Å². The topological polar surface area (TPSA) is 102 Å². The monoisotopic (exact) mass is 495 g/mol. The maximum atomic E-state index is 9.11. The quantitative estimate of drug-likeness (QED) is 0.344. The number of fused-ring (bicyclic) bond motifs is 1. The van der Waals surface area contributed by atoms with E-state index < -0.39 is 0 Å². The molecule has 0 bridgehead atoms. The van der Waals surface area contributed by atoms with Gasteiger partial charge in [-0.2, -0.15) is 0 Å². The maximum Gasteiger partial charge on any atom is 0.188 e. The highest BCUT2D eigenvalue weighted by Gasteiger charge is 2.18. The first kappa shape index (κ1) is 22.5. The van der Waals surface area contributed by atoms with Gasteiger partial charge in [0, 0.05) is 35.7 Å². The van der Waals surface area contributed by atoms with Crippen molar-refractivity contribution in [3.05, 3.63) is 69.9 Å². The summed E-state index contributed by atoms with van der Waals surface area (Å²) >= 11 is 7.99. The zero-order valence-corrected chi connectivity index (χ0v) is 19.7. The van der Waals surface area contributed by atoms with Gasteiger partial charge in [-0.15, -0.1) is 11.3 Å². The Balaban J connectivity index is 1.32. The molecule has 5 rings (SSSR count). The molecule has 10 heteroatoms. The van der Waals surface area contributed by atoms with Crippen LogP contribution in [-0.2, 0) is 17.8 Å². The molecule has 1 aliphatic rings. The van der Waals surface area contributed by atoms with Crippen molar-refractivity contribution in [2.75, 3.05) is 18.5 Å². The van der Waals surface area contributed by atoms with Gasteiger partial charge in [0.2, 0.25) is 0 Å². The minimum atomic E-state index is 0.0271. The van der Waals surface area contributed by atoms with Gasteiger partial charge < -0.3 is 19.9 Å². The van der Waals surface area contributed by atoms with Gasteiger partial charge in [0.05, 0.1) is 16.6 Å². The summed E-state index contributed by atoms with van der Waals surface area (Å²) in [6.07, 6.45) is 4.46. The van der Waals surface area contributed by atoms with E-state index >= 15 is 0 Å². The minimum absolute atomic E-state index is 0.0271. The number of thiazole rings is 1. The van der Waals surface area contributed by atoms with Crippen LogP contribution < -0.4 is 10.1 Å². The molecule has 0 aliphatic carbocycles. The molecule has 4 aromatic rings. The Bertz CT molecular complexity index is 1320. The van der Waals surface area contributed by atoms with E-state index in [0.29, 0.717) is 48.5 Å². The summed E-state index contributed by atoms with van der Waals surface area (Å²) in [4.78, 5) is 17.6. The molecule has 0 radical (unpaired) electrons. The molecular formula is C24H22ClN5O3S. The summed E-state index contributed by atoms with van der Waals surface area (Å²) in [6.45, 7) is 0.999. The molecule has 2 aromatic heterocycles. The highest BCUT2D eigenvalue weighted by Crippen LogP contribution is 2.31. The fraction of sp³-hybridized carbons (Fsp3) is 0.250. The molecule has 8 nitrogen and oxygen atoms in total. The lowest BCUT2D eigenvalue weighted by atomic mass is 10.1. The van der Waals surface area contributed by atoms with Crippen molar-refractivity contribution in [2.24, 2.45) is 4.99 Å². The van der Waals surface area contributed by atoms with E-state index in [9.17, 15) is 0 Å². The third-order valence-electron chi connectivity index (χ3n) is 5.32. The number of aliphatic hydroxyl groups is 1. The second-order valence-corrected chi connectivity index (χ2v) is 9.12. The average molecular weight is 496 g/mol. The first-order valence-corrected chi connectivity index (χ1v) is 12.1. The van der Waals surface area contributed by atoms with E-state index in [1.165, 1.54) is 17.7 Å². The summed E-state index contributed by atoms with van der Waals surface area (Å²) in [7, 11) is 0. The molecule has 1 aliphatic heterocycles. The largest absolute Gasteiger partial charge is 0.485 e. The fourth-order valence-electron chi connectivity index (χ4n) is 3.65. The number of hydrogen-bond donors (Lipinski definition) is 2. The van der Waals surface area contributed by atoms with Crippen LogP contribution in [0.15, 0.2) is 59.3 Å². The predicted octanol–water partition coefficient (Wildman–Crippen LogP) is 4.78. The van der Waals surface area contributed by atoms with Crippen molar-refractivity contribution in [3.63, 3.8) is 0 Å². The van der Waals surface area contributed by atoms with Crippen molar-refractivity contribution in [1.82, 2.24) is 15.0 Å². The Morgan fingerprint density at radius 1 is 1.18 bits per heavy atom.